The van der Waals surface area contributed by atoms with Crippen LogP contribution in [-0.4, -0.2) is 42.7 Å². The highest BCUT2D eigenvalue weighted by molar-refractivity contribution is 8.24. The van der Waals surface area contributed by atoms with Crippen LogP contribution in [0.1, 0.15) is 39.7 Å². The van der Waals surface area contributed by atoms with E-state index in [0.717, 1.165) is 0 Å². The first-order valence-electron chi connectivity index (χ1n) is 11.9. The Bertz CT molecular complexity index is 1480. The van der Waals surface area contributed by atoms with E-state index in [1.54, 1.807) is 25.1 Å². The van der Waals surface area contributed by atoms with Gasteiger partial charge < -0.3 is 14.9 Å². The largest absolute Gasteiger partial charge is 0.505 e. The summed E-state index contributed by atoms with van der Waals surface area (Å²) in [4.78, 5) is 14.3. The standard InChI is InChI=1S/C24H32N5O6PS2/c1-6-35-36(32)17-14-15(28-38(5,33)34)9-10-16(17)25-22(27-36)19-21(30)20(18-8-7-13-37-18)26-29(23(19)31)12-11-24(2,3)4/h7-10,13-14,28,30,33-34H,6,11-12H2,1-5H3,(H,25,27,32). The van der Waals surface area contributed by atoms with Crippen molar-refractivity contribution < 1.29 is 23.3 Å². The molecule has 4 rings (SSSR count). The Morgan fingerprint density at radius 3 is 2.61 bits per heavy atom. The van der Waals surface area contributed by atoms with Crippen LogP contribution in [-0.2, 0) is 15.6 Å². The van der Waals surface area contributed by atoms with Gasteiger partial charge in [0.2, 0.25) is 0 Å². The molecular weight excluding hydrogens is 549 g/mol. The fourth-order valence-corrected chi connectivity index (χ4v) is 6.92. The van der Waals surface area contributed by atoms with Gasteiger partial charge in [-0.1, -0.05) is 26.8 Å². The Balaban J connectivity index is 1.89. The maximum Gasteiger partial charge on any atom is 0.348 e. The maximum atomic E-state index is 14.0. The molecule has 0 saturated carbocycles. The van der Waals surface area contributed by atoms with E-state index in [9.17, 15) is 23.6 Å². The van der Waals surface area contributed by atoms with E-state index >= 15 is 0 Å². The highest BCUT2D eigenvalue weighted by Gasteiger charge is 2.36. The molecule has 0 saturated heterocycles. The van der Waals surface area contributed by atoms with Gasteiger partial charge in [0.25, 0.3) is 5.56 Å². The molecule has 2 aromatic heterocycles. The fraction of sp³-hybridized carbons (Fsp3) is 0.375. The molecule has 5 N–H and O–H groups in total. The number of amidine groups is 1. The third-order valence-corrected chi connectivity index (χ3v) is 9.15. The van der Waals surface area contributed by atoms with Crippen molar-refractivity contribution in [3.05, 3.63) is 51.6 Å². The van der Waals surface area contributed by atoms with Gasteiger partial charge >= 0.3 is 7.52 Å². The molecule has 1 aliphatic heterocycles. The number of rotatable bonds is 8. The number of aromatic nitrogens is 2. The summed E-state index contributed by atoms with van der Waals surface area (Å²) in [5, 5.41) is 20.8. The number of nitrogens with zero attached hydrogens (tertiary/aromatic N) is 3. The summed E-state index contributed by atoms with van der Waals surface area (Å²) in [7, 11) is -7.02. The van der Waals surface area contributed by atoms with Crippen LogP contribution in [0.3, 0.4) is 0 Å². The summed E-state index contributed by atoms with van der Waals surface area (Å²) in [6.45, 7) is 8.21. The Hall–Kier alpha value is -2.67. The van der Waals surface area contributed by atoms with Gasteiger partial charge in [-0.2, -0.15) is 9.86 Å². The maximum absolute atomic E-state index is 14.0. The molecule has 38 heavy (non-hydrogen) atoms. The summed E-state index contributed by atoms with van der Waals surface area (Å²) < 4.78 is 47.5. The van der Waals surface area contributed by atoms with Crippen LogP contribution >= 0.6 is 29.6 Å². The smallest absolute Gasteiger partial charge is 0.348 e. The number of nitrogens with one attached hydrogen (secondary N) is 2. The molecule has 0 aliphatic carbocycles. The SMILES string of the molecule is CCOP1(=O)N=C(c2c(O)c(-c3cccs3)nn(CCC(C)(C)C)c2=O)Nc2ccc(NS(C)(O)O)cc21. The molecule has 0 fully saturated rings. The zero-order chi connectivity index (χ0) is 27.9. The van der Waals surface area contributed by atoms with Crippen molar-refractivity contribution in [1.29, 1.82) is 0 Å². The second-order valence-corrected chi connectivity index (χ2v) is 14.9. The van der Waals surface area contributed by atoms with E-state index in [0.29, 0.717) is 29.2 Å². The molecular formula is C24H32N5O6PS2. The van der Waals surface area contributed by atoms with E-state index in [-0.39, 0.29) is 40.2 Å². The van der Waals surface area contributed by atoms with Crippen LogP contribution in [0.15, 0.2) is 45.3 Å². The van der Waals surface area contributed by atoms with Crippen LogP contribution < -0.4 is 20.9 Å². The average molecular weight is 582 g/mol. The van der Waals surface area contributed by atoms with E-state index < -0.39 is 23.9 Å². The van der Waals surface area contributed by atoms with Crippen molar-refractivity contribution in [2.75, 3.05) is 22.9 Å². The summed E-state index contributed by atoms with van der Waals surface area (Å²) in [6, 6.07) is 8.20. The number of benzene rings is 1. The molecule has 1 unspecified atom stereocenters. The lowest BCUT2D eigenvalue weighted by Gasteiger charge is -2.30. The van der Waals surface area contributed by atoms with Gasteiger partial charge in [0.05, 0.1) is 28.2 Å². The van der Waals surface area contributed by atoms with Crippen LogP contribution in [0.2, 0.25) is 0 Å². The Labute approximate surface area is 226 Å². The molecule has 0 radical (unpaired) electrons. The van der Waals surface area contributed by atoms with Crippen molar-refractivity contribution >= 4 is 52.1 Å². The lowest BCUT2D eigenvalue weighted by molar-refractivity contribution is 0.335. The Kier molecular flexibility index (Phi) is 7.81. The van der Waals surface area contributed by atoms with E-state index in [4.69, 9.17) is 4.52 Å². The predicted molar refractivity (Wildman–Crippen MR) is 155 cm³/mol. The molecule has 11 nitrogen and oxygen atoms in total. The van der Waals surface area contributed by atoms with Crippen molar-refractivity contribution in [2.24, 2.45) is 10.2 Å². The molecule has 1 aromatic carbocycles. The summed E-state index contributed by atoms with van der Waals surface area (Å²) in [5.41, 5.74) is 0.0648. The van der Waals surface area contributed by atoms with Gasteiger partial charge in [-0.3, -0.25) is 23.2 Å². The Morgan fingerprint density at radius 2 is 2.00 bits per heavy atom. The second kappa shape index (κ2) is 10.5. The molecule has 0 amide bonds. The van der Waals surface area contributed by atoms with Gasteiger partial charge in [-0.15, -0.1) is 22.1 Å². The van der Waals surface area contributed by atoms with Crippen molar-refractivity contribution in [3.63, 3.8) is 0 Å². The van der Waals surface area contributed by atoms with Crippen LogP contribution in [0, 0.1) is 5.41 Å². The molecule has 0 spiro atoms. The number of aryl methyl sites for hydroxylation is 1. The first-order valence-corrected chi connectivity index (χ1v) is 16.3. The number of anilines is 2. The van der Waals surface area contributed by atoms with Crippen LogP contribution in [0.25, 0.3) is 10.6 Å². The predicted octanol–water partition coefficient (Wildman–Crippen LogP) is 5.55. The summed E-state index contributed by atoms with van der Waals surface area (Å²) in [5.74, 6) is -0.470. The minimum atomic E-state index is -3.93. The highest BCUT2D eigenvalue weighted by Crippen LogP contribution is 2.53. The van der Waals surface area contributed by atoms with Crippen molar-refractivity contribution in [1.82, 2.24) is 9.78 Å². The minimum Gasteiger partial charge on any atom is -0.505 e. The number of aromatic hydroxyl groups is 1. The zero-order valence-electron chi connectivity index (χ0n) is 21.8. The normalized spacial score (nSPS) is 17.9. The average Bonchev–Trinajstić information content (AvgIpc) is 3.32. The van der Waals surface area contributed by atoms with Gasteiger partial charge in [0.1, 0.15) is 11.3 Å². The minimum absolute atomic E-state index is 0.0622. The monoisotopic (exact) mass is 581 g/mol. The van der Waals surface area contributed by atoms with Crippen molar-refractivity contribution in [2.45, 2.75) is 40.7 Å². The molecule has 3 aromatic rings. The van der Waals surface area contributed by atoms with Gasteiger partial charge in [-0.25, -0.2) is 4.68 Å². The van der Waals surface area contributed by atoms with Gasteiger partial charge in [-0.05, 0) is 48.4 Å². The zero-order valence-corrected chi connectivity index (χ0v) is 24.3. The van der Waals surface area contributed by atoms with Gasteiger partial charge in [0, 0.05) is 12.8 Å². The molecule has 3 heterocycles. The Morgan fingerprint density at radius 1 is 1.26 bits per heavy atom. The number of thiophene rings is 1. The molecule has 14 heteroatoms. The number of fused-ring (bicyclic) bond motifs is 1. The molecule has 1 aliphatic rings. The van der Waals surface area contributed by atoms with E-state index in [2.05, 4.69) is 40.7 Å². The lowest BCUT2D eigenvalue weighted by atomic mass is 9.92. The third-order valence-electron chi connectivity index (χ3n) is 5.60. The van der Waals surface area contributed by atoms with Crippen molar-refractivity contribution in [3.8, 4) is 16.3 Å². The van der Waals surface area contributed by atoms with E-state index in [1.165, 1.54) is 28.3 Å². The molecule has 206 valence electrons. The number of hydrogen-bond acceptors (Lipinski definition) is 10. The molecule has 0 bridgehead atoms. The second-order valence-electron chi connectivity index (χ2n) is 10.1. The first kappa shape index (κ1) is 28.3. The number of hydrogen-bond donors (Lipinski definition) is 5. The van der Waals surface area contributed by atoms with Gasteiger partial charge in [0.15, 0.2) is 11.6 Å². The third kappa shape index (κ3) is 6.14. The quantitative estimate of drug-likeness (QED) is 0.215. The molecule has 1 atom stereocenters. The first-order chi connectivity index (χ1) is 17.7. The van der Waals surface area contributed by atoms with E-state index in [1.807, 2.05) is 11.4 Å². The summed E-state index contributed by atoms with van der Waals surface area (Å²) in [6.07, 6.45) is 1.88. The fourth-order valence-electron chi connectivity index (χ4n) is 3.83. The topological polar surface area (TPSA) is 158 Å². The highest BCUT2D eigenvalue weighted by atomic mass is 32.3. The van der Waals surface area contributed by atoms with Crippen LogP contribution in [0.4, 0.5) is 11.4 Å². The van der Waals surface area contributed by atoms with Crippen LogP contribution in [0.5, 0.6) is 5.75 Å². The lowest BCUT2D eigenvalue weighted by Crippen LogP contribution is -2.35. The summed E-state index contributed by atoms with van der Waals surface area (Å²) >= 11 is 1.36.